The molecular formula is C14H22O2. The third kappa shape index (κ3) is 1.59. The molecule has 0 saturated heterocycles. The van der Waals surface area contributed by atoms with Gasteiger partial charge in [-0.3, -0.25) is 0 Å². The minimum absolute atomic E-state index is 0.160. The summed E-state index contributed by atoms with van der Waals surface area (Å²) in [5.41, 5.74) is 1.46. The SMILES string of the molecule is CC(C=O)C1CCC2/C(=C/O)CCCC21C. The van der Waals surface area contributed by atoms with E-state index in [4.69, 9.17) is 0 Å². The fourth-order valence-electron chi connectivity index (χ4n) is 4.19. The molecule has 4 atom stereocenters. The first kappa shape index (κ1) is 11.7. The Bertz CT molecular complexity index is 308. The predicted molar refractivity (Wildman–Crippen MR) is 64.1 cm³/mol. The van der Waals surface area contributed by atoms with Gasteiger partial charge in [-0.15, -0.1) is 0 Å². The summed E-state index contributed by atoms with van der Waals surface area (Å²) >= 11 is 0. The second kappa shape index (κ2) is 4.23. The molecule has 90 valence electrons. The van der Waals surface area contributed by atoms with Gasteiger partial charge in [-0.25, -0.2) is 0 Å². The van der Waals surface area contributed by atoms with Gasteiger partial charge in [0.1, 0.15) is 6.29 Å². The molecule has 2 aliphatic rings. The van der Waals surface area contributed by atoms with Crippen molar-refractivity contribution in [2.24, 2.45) is 23.2 Å². The summed E-state index contributed by atoms with van der Waals surface area (Å²) in [6, 6.07) is 0. The summed E-state index contributed by atoms with van der Waals surface area (Å²) in [4.78, 5) is 11.0. The Balaban J connectivity index is 2.27. The van der Waals surface area contributed by atoms with E-state index in [9.17, 15) is 9.90 Å². The Morgan fingerprint density at radius 1 is 1.50 bits per heavy atom. The Hall–Kier alpha value is -0.790. The highest BCUT2D eigenvalue weighted by Gasteiger charge is 2.50. The fourth-order valence-corrected chi connectivity index (χ4v) is 4.19. The van der Waals surface area contributed by atoms with Crippen molar-refractivity contribution in [1.82, 2.24) is 0 Å². The quantitative estimate of drug-likeness (QED) is 0.573. The second-order valence-electron chi connectivity index (χ2n) is 5.80. The molecule has 1 N–H and O–H groups in total. The van der Waals surface area contributed by atoms with Gasteiger partial charge in [0, 0.05) is 5.92 Å². The van der Waals surface area contributed by atoms with Crippen LogP contribution in [0.4, 0.5) is 0 Å². The minimum Gasteiger partial charge on any atom is -0.516 e. The lowest BCUT2D eigenvalue weighted by molar-refractivity contribution is -0.113. The maximum Gasteiger partial charge on any atom is 0.123 e. The van der Waals surface area contributed by atoms with E-state index in [2.05, 4.69) is 6.92 Å². The second-order valence-corrected chi connectivity index (χ2v) is 5.80. The average molecular weight is 222 g/mol. The zero-order valence-electron chi connectivity index (χ0n) is 10.3. The maximum atomic E-state index is 11.0. The number of carbonyl (C=O) groups excluding carboxylic acids is 1. The van der Waals surface area contributed by atoms with E-state index in [0.717, 1.165) is 32.0 Å². The predicted octanol–water partition coefficient (Wildman–Crippen LogP) is 3.48. The van der Waals surface area contributed by atoms with Crippen molar-refractivity contribution in [3.05, 3.63) is 11.8 Å². The Labute approximate surface area is 97.7 Å². The van der Waals surface area contributed by atoms with Gasteiger partial charge < -0.3 is 9.90 Å². The van der Waals surface area contributed by atoms with Crippen molar-refractivity contribution in [3.63, 3.8) is 0 Å². The number of aldehydes is 1. The molecule has 0 aliphatic heterocycles. The number of hydrogen-bond acceptors (Lipinski definition) is 2. The van der Waals surface area contributed by atoms with Crippen molar-refractivity contribution in [1.29, 1.82) is 0 Å². The summed E-state index contributed by atoms with van der Waals surface area (Å²) in [7, 11) is 0. The molecule has 2 aliphatic carbocycles. The molecule has 2 saturated carbocycles. The van der Waals surface area contributed by atoms with E-state index >= 15 is 0 Å². The minimum atomic E-state index is 0.160. The van der Waals surface area contributed by atoms with E-state index in [0.29, 0.717) is 11.8 Å². The van der Waals surface area contributed by atoms with Crippen LogP contribution in [0.3, 0.4) is 0 Å². The lowest BCUT2D eigenvalue weighted by Crippen LogP contribution is -2.36. The number of allylic oxidation sites excluding steroid dienone is 1. The van der Waals surface area contributed by atoms with Crippen LogP contribution in [-0.2, 0) is 4.79 Å². The van der Waals surface area contributed by atoms with E-state index in [1.807, 2.05) is 6.92 Å². The van der Waals surface area contributed by atoms with Gasteiger partial charge in [-0.2, -0.15) is 0 Å². The largest absolute Gasteiger partial charge is 0.516 e. The van der Waals surface area contributed by atoms with Crippen LogP contribution in [0.1, 0.15) is 46.0 Å². The van der Waals surface area contributed by atoms with E-state index < -0.39 is 0 Å². The fraction of sp³-hybridized carbons (Fsp3) is 0.786. The number of aliphatic hydroxyl groups excluding tert-OH is 1. The van der Waals surface area contributed by atoms with Gasteiger partial charge in [-0.1, -0.05) is 13.8 Å². The number of rotatable bonds is 2. The van der Waals surface area contributed by atoms with E-state index in [1.54, 1.807) is 0 Å². The third-order valence-electron chi connectivity index (χ3n) is 5.05. The van der Waals surface area contributed by atoms with Crippen LogP contribution in [0.15, 0.2) is 11.8 Å². The lowest BCUT2D eigenvalue weighted by Gasteiger charge is -2.43. The zero-order valence-corrected chi connectivity index (χ0v) is 10.3. The van der Waals surface area contributed by atoms with E-state index in [1.165, 1.54) is 18.3 Å². The molecule has 0 bridgehead atoms. The highest BCUT2D eigenvalue weighted by atomic mass is 16.2. The van der Waals surface area contributed by atoms with Crippen LogP contribution in [0.2, 0.25) is 0 Å². The molecule has 16 heavy (non-hydrogen) atoms. The van der Waals surface area contributed by atoms with E-state index in [-0.39, 0.29) is 11.3 Å². The van der Waals surface area contributed by atoms with Crippen LogP contribution in [0.5, 0.6) is 0 Å². The number of fused-ring (bicyclic) bond motifs is 1. The van der Waals surface area contributed by atoms with Crippen molar-refractivity contribution in [2.45, 2.75) is 46.0 Å². The normalized spacial score (nSPS) is 43.0. The van der Waals surface area contributed by atoms with Gasteiger partial charge in [-0.05, 0) is 54.9 Å². The molecule has 0 aromatic heterocycles. The summed E-state index contributed by atoms with van der Waals surface area (Å²) in [6.07, 6.45) is 8.12. The van der Waals surface area contributed by atoms with Gasteiger partial charge in [0.25, 0.3) is 0 Å². The van der Waals surface area contributed by atoms with Gasteiger partial charge in [0.15, 0.2) is 0 Å². The molecule has 2 rings (SSSR count). The molecule has 4 unspecified atom stereocenters. The molecule has 2 fully saturated rings. The van der Waals surface area contributed by atoms with Crippen LogP contribution in [0.25, 0.3) is 0 Å². The topological polar surface area (TPSA) is 37.3 Å². The Morgan fingerprint density at radius 2 is 2.25 bits per heavy atom. The Morgan fingerprint density at radius 3 is 2.88 bits per heavy atom. The standard InChI is InChI=1S/C14H22O2/c1-10(8-15)12-5-6-13-11(9-16)4-3-7-14(12,13)2/h8-10,12-13,16H,3-7H2,1-2H3/b11-9+. The van der Waals surface area contributed by atoms with Gasteiger partial charge in [0.05, 0.1) is 6.26 Å². The van der Waals surface area contributed by atoms with Crippen LogP contribution in [-0.4, -0.2) is 11.4 Å². The van der Waals surface area contributed by atoms with Crippen LogP contribution in [0, 0.1) is 23.2 Å². The summed E-state index contributed by atoms with van der Waals surface area (Å²) < 4.78 is 0. The van der Waals surface area contributed by atoms with Crippen molar-refractivity contribution in [2.75, 3.05) is 0 Å². The van der Waals surface area contributed by atoms with Crippen LogP contribution >= 0.6 is 0 Å². The first-order valence-corrected chi connectivity index (χ1v) is 6.42. The van der Waals surface area contributed by atoms with Crippen LogP contribution < -0.4 is 0 Å². The summed E-state index contributed by atoms with van der Waals surface area (Å²) in [5.74, 6) is 1.18. The molecule has 2 nitrogen and oxygen atoms in total. The number of carbonyl (C=O) groups is 1. The molecule has 0 radical (unpaired) electrons. The first-order valence-electron chi connectivity index (χ1n) is 6.42. The molecule has 0 spiro atoms. The number of hydrogen-bond donors (Lipinski definition) is 1. The highest BCUT2D eigenvalue weighted by Crippen LogP contribution is 2.58. The van der Waals surface area contributed by atoms with Gasteiger partial charge in [0.2, 0.25) is 0 Å². The molecule has 0 aromatic carbocycles. The molecular weight excluding hydrogens is 200 g/mol. The summed E-state index contributed by atoms with van der Waals surface area (Å²) in [6.45, 7) is 4.36. The van der Waals surface area contributed by atoms with Crippen molar-refractivity contribution in [3.8, 4) is 0 Å². The van der Waals surface area contributed by atoms with Crippen molar-refractivity contribution < 1.29 is 9.90 Å². The molecule has 0 amide bonds. The average Bonchev–Trinajstić information content (AvgIpc) is 2.64. The highest BCUT2D eigenvalue weighted by molar-refractivity contribution is 5.54. The molecule has 0 aromatic rings. The molecule has 2 heteroatoms. The molecule has 0 heterocycles. The number of aliphatic hydroxyl groups is 1. The van der Waals surface area contributed by atoms with Gasteiger partial charge >= 0.3 is 0 Å². The lowest BCUT2D eigenvalue weighted by atomic mass is 9.61. The van der Waals surface area contributed by atoms with Crippen molar-refractivity contribution >= 4 is 6.29 Å². The smallest absolute Gasteiger partial charge is 0.123 e. The monoisotopic (exact) mass is 222 g/mol. The summed E-state index contributed by atoms with van der Waals surface area (Å²) in [5, 5.41) is 9.30. The maximum absolute atomic E-state index is 11.0. The first-order chi connectivity index (χ1) is 7.63. The zero-order chi connectivity index (χ0) is 11.8. The Kier molecular flexibility index (Phi) is 3.09. The third-order valence-corrected chi connectivity index (χ3v) is 5.05.